The molecule has 0 saturated carbocycles. The van der Waals surface area contributed by atoms with Crippen LogP contribution in [0.15, 0.2) is 17.4 Å². The summed E-state index contributed by atoms with van der Waals surface area (Å²) in [6, 6.07) is 0. The highest BCUT2D eigenvalue weighted by Crippen LogP contribution is 2.30. The van der Waals surface area contributed by atoms with Crippen molar-refractivity contribution in [2.75, 3.05) is 24.0 Å². The van der Waals surface area contributed by atoms with Crippen LogP contribution in [0.25, 0.3) is 0 Å². The summed E-state index contributed by atoms with van der Waals surface area (Å²) in [7, 11) is 0. The minimum atomic E-state index is 1.04. The molecule has 4 nitrogen and oxygen atoms in total. The molecule has 0 aliphatic heterocycles. The lowest BCUT2D eigenvalue weighted by Crippen LogP contribution is -1.84. The SMILES string of the molecule is CSc1nnc(SCCCSc2nnc(SC)s2)s1. The van der Waals surface area contributed by atoms with Gasteiger partial charge in [0, 0.05) is 11.5 Å². The Morgan fingerprint density at radius 1 is 0.737 bits per heavy atom. The van der Waals surface area contributed by atoms with Crippen LogP contribution in [0.3, 0.4) is 0 Å². The van der Waals surface area contributed by atoms with Crippen LogP contribution in [0.1, 0.15) is 6.42 Å². The maximum absolute atomic E-state index is 4.14. The number of hydrogen-bond donors (Lipinski definition) is 0. The molecule has 2 heterocycles. The molecule has 10 heteroatoms. The summed E-state index contributed by atoms with van der Waals surface area (Å²) in [4.78, 5) is 0. The fourth-order valence-corrected chi connectivity index (χ4v) is 6.13. The first kappa shape index (κ1) is 15.9. The average Bonchev–Trinajstić information content (AvgIpc) is 3.06. The van der Waals surface area contributed by atoms with E-state index in [4.69, 9.17) is 0 Å². The molecular weight excluding hydrogens is 357 g/mol. The zero-order valence-electron chi connectivity index (χ0n) is 10.4. The Hall–Kier alpha value is 0.520. The molecule has 0 aromatic carbocycles. The van der Waals surface area contributed by atoms with Gasteiger partial charge in [-0.15, -0.1) is 20.4 Å². The number of thioether (sulfide) groups is 4. The van der Waals surface area contributed by atoms with Crippen molar-refractivity contribution in [2.24, 2.45) is 0 Å². The summed E-state index contributed by atoms with van der Waals surface area (Å²) in [6.45, 7) is 0. The monoisotopic (exact) mass is 368 g/mol. The molecule has 0 radical (unpaired) electrons. The molecule has 0 aliphatic rings. The third kappa shape index (κ3) is 5.43. The molecule has 2 aromatic rings. The molecule has 0 fully saturated rings. The first-order valence-corrected chi connectivity index (χ1v) is 11.4. The predicted octanol–water partition coefficient (Wildman–Crippen LogP) is 4.11. The van der Waals surface area contributed by atoms with Crippen molar-refractivity contribution in [1.29, 1.82) is 0 Å². The summed E-state index contributed by atoms with van der Waals surface area (Å²) >= 11 is 10.2. The van der Waals surface area contributed by atoms with E-state index in [1.165, 1.54) is 0 Å². The standard InChI is InChI=1S/C9H12N4S6/c1-14-6-10-12-8(18-6)16-4-3-5-17-9-13-11-7(15-2)19-9/h3-5H2,1-2H3. The van der Waals surface area contributed by atoms with Gasteiger partial charge in [-0.3, -0.25) is 0 Å². The number of hydrogen-bond acceptors (Lipinski definition) is 10. The Morgan fingerprint density at radius 3 is 1.53 bits per heavy atom. The van der Waals surface area contributed by atoms with E-state index in [1.807, 2.05) is 12.5 Å². The third-order valence-corrected chi connectivity index (χ3v) is 8.10. The van der Waals surface area contributed by atoms with Gasteiger partial charge in [-0.1, -0.05) is 69.7 Å². The summed E-state index contributed by atoms with van der Waals surface area (Å²) in [6.07, 6.45) is 5.19. The smallest absolute Gasteiger partial charge is 0.131 e. The van der Waals surface area contributed by atoms with Crippen LogP contribution in [0.4, 0.5) is 0 Å². The van der Waals surface area contributed by atoms with Crippen molar-refractivity contribution in [3.8, 4) is 0 Å². The second-order valence-corrected chi connectivity index (χ2v) is 9.87. The predicted molar refractivity (Wildman–Crippen MR) is 89.4 cm³/mol. The second kappa shape index (κ2) is 8.73. The van der Waals surface area contributed by atoms with Crippen LogP contribution < -0.4 is 0 Å². The fourth-order valence-electron chi connectivity index (χ4n) is 1.05. The number of rotatable bonds is 8. The molecule has 0 aliphatic carbocycles. The van der Waals surface area contributed by atoms with Crippen LogP contribution >= 0.6 is 69.7 Å². The largest absolute Gasteiger partial charge is 0.175 e. The van der Waals surface area contributed by atoms with Gasteiger partial charge in [0.2, 0.25) is 0 Å². The van der Waals surface area contributed by atoms with Crippen molar-refractivity contribution in [3.63, 3.8) is 0 Å². The molecule has 2 rings (SSSR count). The van der Waals surface area contributed by atoms with E-state index in [2.05, 4.69) is 20.4 Å². The van der Waals surface area contributed by atoms with Gasteiger partial charge in [0.1, 0.15) is 0 Å². The Balaban J connectivity index is 1.61. The van der Waals surface area contributed by atoms with Crippen LogP contribution in [0, 0.1) is 0 Å². The van der Waals surface area contributed by atoms with Gasteiger partial charge < -0.3 is 0 Å². The van der Waals surface area contributed by atoms with Gasteiger partial charge in [0.15, 0.2) is 17.4 Å². The van der Waals surface area contributed by atoms with Crippen LogP contribution in [0.5, 0.6) is 0 Å². The molecule has 19 heavy (non-hydrogen) atoms. The maximum Gasteiger partial charge on any atom is 0.175 e. The van der Waals surface area contributed by atoms with E-state index in [9.17, 15) is 0 Å². The number of aromatic nitrogens is 4. The van der Waals surface area contributed by atoms with E-state index >= 15 is 0 Å². The minimum Gasteiger partial charge on any atom is -0.131 e. The van der Waals surface area contributed by atoms with Crippen LogP contribution in [-0.2, 0) is 0 Å². The highest BCUT2D eigenvalue weighted by atomic mass is 32.2. The van der Waals surface area contributed by atoms with E-state index in [0.29, 0.717) is 0 Å². The lowest BCUT2D eigenvalue weighted by Gasteiger charge is -1.96. The zero-order valence-corrected chi connectivity index (χ0v) is 15.3. The third-order valence-electron chi connectivity index (χ3n) is 1.86. The average molecular weight is 369 g/mol. The summed E-state index contributed by atoms with van der Waals surface area (Å²) in [5.74, 6) is 2.15. The Morgan fingerprint density at radius 2 is 1.16 bits per heavy atom. The quantitative estimate of drug-likeness (QED) is 0.510. The molecule has 0 spiro atoms. The topological polar surface area (TPSA) is 51.6 Å². The van der Waals surface area contributed by atoms with Gasteiger partial charge in [-0.2, -0.15) is 0 Å². The molecule has 0 N–H and O–H groups in total. The van der Waals surface area contributed by atoms with E-state index in [-0.39, 0.29) is 0 Å². The van der Waals surface area contributed by atoms with Gasteiger partial charge in [-0.25, -0.2) is 0 Å². The van der Waals surface area contributed by atoms with Gasteiger partial charge in [-0.05, 0) is 18.9 Å². The van der Waals surface area contributed by atoms with E-state index in [0.717, 1.165) is 35.3 Å². The summed E-state index contributed by atoms with van der Waals surface area (Å²) in [5, 5.41) is 16.4. The highest BCUT2D eigenvalue weighted by Gasteiger charge is 2.05. The van der Waals surface area contributed by atoms with Crippen LogP contribution in [-0.4, -0.2) is 44.4 Å². The molecule has 0 atom stereocenters. The van der Waals surface area contributed by atoms with Crippen LogP contribution in [0.2, 0.25) is 0 Å². The first-order valence-electron chi connectivity index (χ1n) is 5.32. The van der Waals surface area contributed by atoms with E-state index < -0.39 is 0 Å². The van der Waals surface area contributed by atoms with Gasteiger partial charge in [0.25, 0.3) is 0 Å². The first-order chi connectivity index (χ1) is 9.31. The Bertz CT molecular complexity index is 454. The van der Waals surface area contributed by atoms with Gasteiger partial charge >= 0.3 is 0 Å². The van der Waals surface area contributed by atoms with Crippen molar-refractivity contribution in [2.45, 2.75) is 23.8 Å². The van der Waals surface area contributed by atoms with E-state index in [1.54, 1.807) is 69.7 Å². The lowest BCUT2D eigenvalue weighted by atomic mass is 10.6. The summed E-state index contributed by atoms with van der Waals surface area (Å²) in [5.41, 5.74) is 0. The Labute approximate surface area is 137 Å². The zero-order chi connectivity index (χ0) is 13.5. The highest BCUT2D eigenvalue weighted by molar-refractivity contribution is 8.03. The molecule has 2 aromatic heterocycles. The van der Waals surface area contributed by atoms with Crippen molar-refractivity contribution in [3.05, 3.63) is 0 Å². The molecular formula is C9H12N4S6. The molecule has 104 valence electrons. The normalized spacial score (nSPS) is 11.1. The van der Waals surface area contributed by atoms with Crippen molar-refractivity contribution < 1.29 is 0 Å². The second-order valence-electron chi connectivity index (χ2n) is 3.13. The maximum atomic E-state index is 4.14. The lowest BCUT2D eigenvalue weighted by molar-refractivity contribution is 0.951. The molecule has 0 saturated heterocycles. The van der Waals surface area contributed by atoms with Gasteiger partial charge in [0.05, 0.1) is 0 Å². The molecule has 0 unspecified atom stereocenters. The molecule has 0 amide bonds. The fraction of sp³-hybridized carbons (Fsp3) is 0.556. The minimum absolute atomic E-state index is 1.04. The van der Waals surface area contributed by atoms with Crippen molar-refractivity contribution in [1.82, 2.24) is 20.4 Å². The van der Waals surface area contributed by atoms with Crippen molar-refractivity contribution >= 4 is 69.7 Å². The Kier molecular flexibility index (Phi) is 7.30. The summed E-state index contributed by atoms with van der Waals surface area (Å²) < 4.78 is 4.20. The number of nitrogens with zero attached hydrogens (tertiary/aromatic N) is 4. The molecule has 0 bridgehead atoms.